The highest BCUT2D eigenvalue weighted by molar-refractivity contribution is 5.44. The number of hydrogen-bond acceptors (Lipinski definition) is 3. The topological polar surface area (TPSA) is 42.2 Å². The van der Waals surface area contributed by atoms with Crippen LogP contribution in [0.1, 0.15) is 58.3 Å². The van der Waals surface area contributed by atoms with E-state index in [2.05, 4.69) is 19.1 Å². The Labute approximate surface area is 144 Å². The fourth-order valence-electron chi connectivity index (χ4n) is 6.51. The first-order valence-corrected chi connectivity index (χ1v) is 9.74. The van der Waals surface area contributed by atoms with Crippen LogP contribution in [0.3, 0.4) is 0 Å². The normalized spacial score (nSPS) is 43.0. The van der Waals surface area contributed by atoms with Crippen LogP contribution in [0.5, 0.6) is 0 Å². The Balaban J connectivity index is 1.48. The van der Waals surface area contributed by atoms with Gasteiger partial charge in [0.25, 0.3) is 0 Å². The molecule has 2 fully saturated rings. The first kappa shape index (κ1) is 15.2. The summed E-state index contributed by atoms with van der Waals surface area (Å²) >= 11 is 0. The smallest absolute Gasteiger partial charge is 0.172 e. The predicted octanol–water partition coefficient (Wildman–Crippen LogP) is 4.51. The van der Waals surface area contributed by atoms with Crippen LogP contribution in [0, 0.1) is 34.5 Å². The van der Waals surface area contributed by atoms with E-state index in [0.717, 1.165) is 45.3 Å². The zero-order valence-electron chi connectivity index (χ0n) is 14.6. The summed E-state index contributed by atoms with van der Waals surface area (Å²) in [5.41, 5.74) is 5.10. The molecule has 0 N–H and O–H groups in total. The van der Waals surface area contributed by atoms with Crippen molar-refractivity contribution in [3.63, 3.8) is 0 Å². The molecule has 0 aromatic carbocycles. The number of allylic oxidation sites excluding steroid dienone is 3. The van der Waals surface area contributed by atoms with Gasteiger partial charge < -0.3 is 9.47 Å². The molecule has 128 valence electrons. The van der Waals surface area contributed by atoms with Gasteiger partial charge in [0.05, 0.1) is 25.2 Å². The van der Waals surface area contributed by atoms with Crippen molar-refractivity contribution in [3.8, 4) is 6.07 Å². The van der Waals surface area contributed by atoms with Crippen LogP contribution in [0.15, 0.2) is 22.8 Å². The molecule has 0 amide bonds. The van der Waals surface area contributed by atoms with Crippen molar-refractivity contribution in [2.24, 2.45) is 23.2 Å². The standard InChI is InChI=1S/C21H27NO2/c1-20-8-6-17-16-7-9-21(23-10-11-24-21)12-14(16)2-4-18(17)19(20)5-3-15(20)13-22/h6,15,18-19H,2-5,7-12H2,1H3/t15?,18-,19+,20-/m1/s1. The summed E-state index contributed by atoms with van der Waals surface area (Å²) in [6.45, 7) is 3.89. The number of hydrogen-bond donors (Lipinski definition) is 0. The Hall–Kier alpha value is -1.11. The van der Waals surface area contributed by atoms with E-state index in [1.165, 1.54) is 19.3 Å². The molecular formula is C21H27NO2. The Kier molecular flexibility index (Phi) is 3.28. The summed E-state index contributed by atoms with van der Waals surface area (Å²) in [7, 11) is 0. The minimum Gasteiger partial charge on any atom is -0.347 e. The summed E-state index contributed by atoms with van der Waals surface area (Å²) in [5.74, 6) is 1.37. The maximum Gasteiger partial charge on any atom is 0.172 e. The summed E-state index contributed by atoms with van der Waals surface area (Å²) < 4.78 is 11.9. The molecule has 1 heterocycles. The first-order valence-electron chi connectivity index (χ1n) is 9.74. The third-order valence-electron chi connectivity index (χ3n) is 7.80. The van der Waals surface area contributed by atoms with Crippen molar-refractivity contribution in [2.75, 3.05) is 13.2 Å². The van der Waals surface area contributed by atoms with E-state index in [0.29, 0.717) is 11.8 Å². The van der Waals surface area contributed by atoms with Crippen molar-refractivity contribution in [3.05, 3.63) is 22.8 Å². The zero-order chi connectivity index (χ0) is 16.4. The molecule has 5 rings (SSSR count). The van der Waals surface area contributed by atoms with Gasteiger partial charge in [0, 0.05) is 12.8 Å². The van der Waals surface area contributed by atoms with E-state index in [1.807, 2.05) is 0 Å². The van der Waals surface area contributed by atoms with Gasteiger partial charge in [-0.3, -0.25) is 0 Å². The van der Waals surface area contributed by atoms with Crippen LogP contribution in [0.2, 0.25) is 0 Å². The van der Waals surface area contributed by atoms with Gasteiger partial charge in [-0.25, -0.2) is 0 Å². The highest BCUT2D eigenvalue weighted by Crippen LogP contribution is 2.61. The molecule has 3 heteroatoms. The number of nitriles is 1. The largest absolute Gasteiger partial charge is 0.347 e. The Bertz CT molecular complexity index is 664. The van der Waals surface area contributed by atoms with Crippen molar-refractivity contribution in [1.82, 2.24) is 0 Å². The van der Waals surface area contributed by atoms with E-state index >= 15 is 0 Å². The molecule has 0 radical (unpaired) electrons. The summed E-state index contributed by atoms with van der Waals surface area (Å²) in [6, 6.07) is 2.61. The van der Waals surface area contributed by atoms with Crippen LogP contribution in [-0.2, 0) is 9.47 Å². The van der Waals surface area contributed by atoms with E-state index < -0.39 is 0 Å². The maximum atomic E-state index is 9.56. The number of fused-ring (bicyclic) bond motifs is 4. The fourth-order valence-corrected chi connectivity index (χ4v) is 6.51. The predicted molar refractivity (Wildman–Crippen MR) is 90.9 cm³/mol. The summed E-state index contributed by atoms with van der Waals surface area (Å²) in [4.78, 5) is 0. The third-order valence-corrected chi connectivity index (χ3v) is 7.80. The lowest BCUT2D eigenvalue weighted by molar-refractivity contribution is -0.164. The van der Waals surface area contributed by atoms with E-state index in [9.17, 15) is 5.26 Å². The van der Waals surface area contributed by atoms with Gasteiger partial charge >= 0.3 is 0 Å². The average molecular weight is 325 g/mol. The molecule has 1 spiro atoms. The second kappa shape index (κ2) is 5.19. The lowest BCUT2D eigenvalue weighted by atomic mass is 9.57. The van der Waals surface area contributed by atoms with Gasteiger partial charge in [0.1, 0.15) is 0 Å². The van der Waals surface area contributed by atoms with Crippen molar-refractivity contribution < 1.29 is 9.47 Å². The molecular weight excluding hydrogens is 298 g/mol. The molecule has 0 bridgehead atoms. The SMILES string of the molecule is C[C@]12CC=C3C4=C(CC[C@H]3[C@@H]1CCC2C#N)CC1(CC4)OCCO1. The quantitative estimate of drug-likeness (QED) is 0.658. The van der Waals surface area contributed by atoms with Gasteiger partial charge in [-0.15, -0.1) is 0 Å². The number of rotatable bonds is 0. The molecule has 1 aliphatic heterocycles. The second-order valence-corrected chi connectivity index (χ2v) is 8.75. The van der Waals surface area contributed by atoms with Crippen LogP contribution < -0.4 is 0 Å². The Morgan fingerprint density at radius 3 is 2.79 bits per heavy atom. The zero-order valence-corrected chi connectivity index (χ0v) is 14.6. The first-order chi connectivity index (χ1) is 11.7. The number of nitrogens with zero attached hydrogens (tertiary/aromatic N) is 1. The molecule has 0 aromatic heterocycles. The molecule has 1 saturated heterocycles. The number of ether oxygens (including phenoxy) is 2. The molecule has 0 aromatic rings. The van der Waals surface area contributed by atoms with Gasteiger partial charge in [-0.1, -0.05) is 18.6 Å². The molecule has 5 aliphatic rings. The van der Waals surface area contributed by atoms with Gasteiger partial charge in [-0.2, -0.15) is 5.26 Å². The molecule has 3 nitrogen and oxygen atoms in total. The molecule has 4 atom stereocenters. The second-order valence-electron chi connectivity index (χ2n) is 8.75. The minimum absolute atomic E-state index is 0.217. The van der Waals surface area contributed by atoms with Crippen LogP contribution in [0.4, 0.5) is 0 Å². The monoisotopic (exact) mass is 325 g/mol. The van der Waals surface area contributed by atoms with Gasteiger partial charge in [0.2, 0.25) is 0 Å². The highest BCUT2D eigenvalue weighted by Gasteiger charge is 2.53. The van der Waals surface area contributed by atoms with Gasteiger partial charge in [0.15, 0.2) is 5.79 Å². The van der Waals surface area contributed by atoms with E-state index in [4.69, 9.17) is 9.47 Å². The lowest BCUT2D eigenvalue weighted by Crippen LogP contribution is -2.40. The maximum absolute atomic E-state index is 9.56. The third kappa shape index (κ3) is 1.96. The average Bonchev–Trinajstić information content (AvgIpc) is 3.18. The van der Waals surface area contributed by atoms with Crippen molar-refractivity contribution in [1.29, 1.82) is 5.26 Å². The molecule has 1 unspecified atom stereocenters. The van der Waals surface area contributed by atoms with Crippen LogP contribution in [0.25, 0.3) is 0 Å². The summed E-state index contributed by atoms with van der Waals surface area (Å²) in [6.07, 6.45) is 11.5. The van der Waals surface area contributed by atoms with Crippen molar-refractivity contribution in [2.45, 2.75) is 64.1 Å². The van der Waals surface area contributed by atoms with Crippen LogP contribution >= 0.6 is 0 Å². The molecule has 4 aliphatic carbocycles. The van der Waals surface area contributed by atoms with Crippen LogP contribution in [-0.4, -0.2) is 19.0 Å². The van der Waals surface area contributed by atoms with E-state index in [1.54, 1.807) is 16.7 Å². The Morgan fingerprint density at radius 1 is 1.17 bits per heavy atom. The lowest BCUT2D eigenvalue weighted by Gasteiger charge is -2.48. The van der Waals surface area contributed by atoms with E-state index in [-0.39, 0.29) is 17.1 Å². The van der Waals surface area contributed by atoms with Gasteiger partial charge in [-0.05, 0) is 66.9 Å². The highest BCUT2D eigenvalue weighted by atomic mass is 16.7. The van der Waals surface area contributed by atoms with Crippen molar-refractivity contribution >= 4 is 0 Å². The minimum atomic E-state index is -0.297. The molecule has 1 saturated carbocycles. The summed E-state index contributed by atoms with van der Waals surface area (Å²) in [5, 5.41) is 9.56. The molecule has 24 heavy (non-hydrogen) atoms. The Morgan fingerprint density at radius 2 is 2.00 bits per heavy atom. The fraction of sp³-hybridized carbons (Fsp3) is 0.762.